The van der Waals surface area contributed by atoms with E-state index in [0.717, 1.165) is 0 Å². The van der Waals surface area contributed by atoms with Gasteiger partial charge in [-0.3, -0.25) is 0 Å². The molecule has 4 heteroatoms. The van der Waals surface area contributed by atoms with E-state index in [2.05, 4.69) is 0 Å². The monoisotopic (exact) mass is 166 g/mol. The molecule has 0 spiro atoms. The van der Waals surface area contributed by atoms with Gasteiger partial charge in [0.2, 0.25) is 11.4 Å². The zero-order chi connectivity index (χ0) is 7.78. The lowest BCUT2D eigenvalue weighted by Gasteiger charge is -2.15. The van der Waals surface area contributed by atoms with Crippen LogP contribution >= 0.6 is 11.6 Å². The first kappa shape index (κ1) is 8.27. The number of ether oxygens (including phenoxy) is 3. The van der Waals surface area contributed by atoms with Gasteiger partial charge in [-0.25, -0.2) is 0 Å². The van der Waals surface area contributed by atoms with Crippen molar-refractivity contribution < 1.29 is 14.2 Å². The van der Waals surface area contributed by atoms with Crippen LogP contribution in [0.25, 0.3) is 0 Å². The first-order valence-corrected chi connectivity index (χ1v) is 3.45. The second-order valence-corrected chi connectivity index (χ2v) is 2.85. The molecule has 0 aromatic carbocycles. The predicted octanol–water partition coefficient (Wildman–Crippen LogP) is 0.959. The molecule has 1 fully saturated rings. The lowest BCUT2D eigenvalue weighted by atomic mass is 10.3. The molecular weight excluding hydrogens is 156 g/mol. The average Bonchev–Trinajstić information content (AvgIpc) is 2.44. The van der Waals surface area contributed by atoms with Gasteiger partial charge in [0.1, 0.15) is 6.10 Å². The van der Waals surface area contributed by atoms with E-state index >= 15 is 0 Å². The van der Waals surface area contributed by atoms with Gasteiger partial charge in [-0.1, -0.05) is 11.6 Å². The van der Waals surface area contributed by atoms with Crippen molar-refractivity contribution in [3.8, 4) is 0 Å². The number of alkyl halides is 1. The van der Waals surface area contributed by atoms with Gasteiger partial charge in [0.05, 0.1) is 0 Å². The van der Waals surface area contributed by atoms with E-state index in [9.17, 15) is 0 Å². The summed E-state index contributed by atoms with van der Waals surface area (Å²) < 4.78 is 14.9. The Bertz CT molecular complexity index is 126. The Hall–Kier alpha value is 0.170. The Morgan fingerprint density at radius 1 is 1.50 bits per heavy atom. The van der Waals surface area contributed by atoms with Crippen molar-refractivity contribution >= 4 is 11.6 Å². The molecule has 1 rings (SSSR count). The molecule has 60 valence electrons. The summed E-state index contributed by atoms with van der Waals surface area (Å²) in [5.74, 6) is 0. The maximum Gasteiger partial charge on any atom is 0.218 e. The van der Waals surface area contributed by atoms with E-state index in [1.807, 2.05) is 6.92 Å². The number of epoxide rings is 1. The fourth-order valence-electron chi connectivity index (χ4n) is 0.902. The highest BCUT2D eigenvalue weighted by molar-refractivity contribution is 6.25. The zero-order valence-electron chi connectivity index (χ0n) is 6.26. The third-order valence-electron chi connectivity index (χ3n) is 1.60. The van der Waals surface area contributed by atoms with Crippen LogP contribution in [0.3, 0.4) is 0 Å². The zero-order valence-corrected chi connectivity index (χ0v) is 7.01. The first-order valence-electron chi connectivity index (χ1n) is 3.07. The molecule has 0 aromatic heterocycles. The van der Waals surface area contributed by atoms with E-state index in [1.54, 1.807) is 0 Å². The van der Waals surface area contributed by atoms with Crippen molar-refractivity contribution in [1.29, 1.82) is 0 Å². The minimum absolute atomic E-state index is 0.0130. The smallest absolute Gasteiger partial charge is 0.218 e. The summed E-state index contributed by atoms with van der Waals surface area (Å²) in [6.07, 6.45) is -0.455. The molecule has 1 heterocycles. The molecule has 1 aliphatic heterocycles. The second kappa shape index (κ2) is 2.66. The van der Waals surface area contributed by atoms with Gasteiger partial charge in [0.15, 0.2) is 0 Å². The highest BCUT2D eigenvalue weighted by Crippen LogP contribution is 2.44. The Kier molecular flexibility index (Phi) is 2.20. The van der Waals surface area contributed by atoms with E-state index in [-0.39, 0.29) is 6.10 Å². The third kappa shape index (κ3) is 1.14. The van der Waals surface area contributed by atoms with Crippen LogP contribution < -0.4 is 0 Å². The summed E-state index contributed by atoms with van der Waals surface area (Å²) in [6, 6.07) is 0. The molecule has 3 nitrogen and oxygen atoms in total. The van der Waals surface area contributed by atoms with Crippen LogP contribution in [0.15, 0.2) is 0 Å². The van der Waals surface area contributed by atoms with Crippen LogP contribution in [-0.4, -0.2) is 31.7 Å². The van der Waals surface area contributed by atoms with Crippen LogP contribution in [0.2, 0.25) is 0 Å². The average molecular weight is 167 g/mol. The van der Waals surface area contributed by atoms with Gasteiger partial charge in [0.25, 0.3) is 0 Å². The standard InChI is InChI=1S/C6H11ClO3/c1-4-6(7,10-4)5(8-2)9-3/h4-5H,1-3H3. The maximum absolute atomic E-state index is 5.89. The second-order valence-electron chi connectivity index (χ2n) is 2.26. The Morgan fingerprint density at radius 2 is 1.90 bits per heavy atom. The molecule has 0 N–H and O–H groups in total. The summed E-state index contributed by atoms with van der Waals surface area (Å²) in [6.45, 7) is 1.87. The normalized spacial score (nSPS) is 38.7. The molecule has 2 unspecified atom stereocenters. The third-order valence-corrected chi connectivity index (χ3v) is 2.18. The lowest BCUT2D eigenvalue weighted by Crippen LogP contribution is -2.29. The molecule has 10 heavy (non-hydrogen) atoms. The molecule has 2 atom stereocenters. The minimum Gasteiger partial charge on any atom is -0.352 e. The molecule has 1 aliphatic rings. The summed E-state index contributed by atoms with van der Waals surface area (Å²) in [5, 5.41) is -0.747. The molecule has 0 bridgehead atoms. The molecular formula is C6H11ClO3. The number of hydrogen-bond donors (Lipinski definition) is 0. The number of methoxy groups -OCH3 is 2. The molecule has 0 amide bonds. The largest absolute Gasteiger partial charge is 0.352 e. The van der Waals surface area contributed by atoms with Crippen LogP contribution in [0.5, 0.6) is 0 Å². The van der Waals surface area contributed by atoms with Crippen molar-refractivity contribution in [3.05, 3.63) is 0 Å². The van der Waals surface area contributed by atoms with Crippen molar-refractivity contribution in [2.75, 3.05) is 14.2 Å². The number of rotatable bonds is 3. The Morgan fingerprint density at radius 3 is 2.00 bits per heavy atom. The predicted molar refractivity (Wildman–Crippen MR) is 36.9 cm³/mol. The van der Waals surface area contributed by atoms with Gasteiger partial charge in [-0.15, -0.1) is 0 Å². The fourth-order valence-corrected chi connectivity index (χ4v) is 1.21. The molecule has 0 saturated carbocycles. The van der Waals surface area contributed by atoms with Gasteiger partial charge < -0.3 is 14.2 Å². The van der Waals surface area contributed by atoms with Gasteiger partial charge in [0, 0.05) is 14.2 Å². The van der Waals surface area contributed by atoms with Crippen molar-refractivity contribution in [2.24, 2.45) is 0 Å². The van der Waals surface area contributed by atoms with Crippen LogP contribution in [-0.2, 0) is 14.2 Å². The van der Waals surface area contributed by atoms with Crippen molar-refractivity contribution in [2.45, 2.75) is 24.4 Å². The summed E-state index contributed by atoms with van der Waals surface area (Å²) >= 11 is 5.89. The van der Waals surface area contributed by atoms with E-state index < -0.39 is 11.4 Å². The van der Waals surface area contributed by atoms with Crippen molar-refractivity contribution in [3.63, 3.8) is 0 Å². The summed E-state index contributed by atoms with van der Waals surface area (Å²) in [7, 11) is 3.07. The van der Waals surface area contributed by atoms with Crippen LogP contribution in [0, 0.1) is 0 Å². The quantitative estimate of drug-likeness (QED) is 0.356. The van der Waals surface area contributed by atoms with Gasteiger partial charge in [-0.2, -0.15) is 0 Å². The van der Waals surface area contributed by atoms with Crippen molar-refractivity contribution in [1.82, 2.24) is 0 Å². The Balaban J connectivity index is 2.46. The van der Waals surface area contributed by atoms with Crippen LogP contribution in [0.4, 0.5) is 0 Å². The highest BCUT2D eigenvalue weighted by Gasteiger charge is 2.59. The van der Waals surface area contributed by atoms with Gasteiger partial charge >= 0.3 is 0 Å². The molecule has 0 aliphatic carbocycles. The molecule has 1 saturated heterocycles. The van der Waals surface area contributed by atoms with E-state index in [4.69, 9.17) is 25.8 Å². The summed E-state index contributed by atoms with van der Waals surface area (Å²) in [5.41, 5.74) is 0. The maximum atomic E-state index is 5.89. The fraction of sp³-hybridized carbons (Fsp3) is 1.00. The summed E-state index contributed by atoms with van der Waals surface area (Å²) in [4.78, 5) is 0. The van der Waals surface area contributed by atoms with Crippen LogP contribution in [0.1, 0.15) is 6.92 Å². The Labute approximate surface area is 65.2 Å². The lowest BCUT2D eigenvalue weighted by molar-refractivity contribution is -0.125. The highest BCUT2D eigenvalue weighted by atomic mass is 35.5. The first-order chi connectivity index (χ1) is 4.65. The number of halogens is 1. The van der Waals surface area contributed by atoms with Gasteiger partial charge in [-0.05, 0) is 6.92 Å². The van der Waals surface area contributed by atoms with E-state index in [0.29, 0.717) is 0 Å². The molecule has 0 aromatic rings. The topological polar surface area (TPSA) is 31.0 Å². The molecule has 0 radical (unpaired) electrons. The minimum atomic E-state index is -0.747. The SMILES string of the molecule is COC(OC)C1(Cl)OC1C. The van der Waals surface area contributed by atoms with E-state index in [1.165, 1.54) is 14.2 Å². The number of hydrogen-bond acceptors (Lipinski definition) is 3.